The van der Waals surface area contributed by atoms with Crippen molar-refractivity contribution in [1.29, 1.82) is 0 Å². The van der Waals surface area contributed by atoms with E-state index in [0.29, 0.717) is 16.0 Å². The molecule has 0 saturated carbocycles. The van der Waals surface area contributed by atoms with Crippen molar-refractivity contribution in [2.24, 2.45) is 11.8 Å². The summed E-state index contributed by atoms with van der Waals surface area (Å²) in [5, 5.41) is 14.2. The Labute approximate surface area is 205 Å². The van der Waals surface area contributed by atoms with E-state index in [1.807, 2.05) is 24.4 Å². The summed E-state index contributed by atoms with van der Waals surface area (Å²) in [5.74, 6) is 2.60. The predicted molar refractivity (Wildman–Crippen MR) is 136 cm³/mol. The Morgan fingerprint density at radius 2 is 2.03 bits per heavy atom. The van der Waals surface area contributed by atoms with Crippen LogP contribution in [0.4, 0.5) is 11.5 Å². The van der Waals surface area contributed by atoms with Gasteiger partial charge in [-0.05, 0) is 61.9 Å². The second kappa shape index (κ2) is 9.71. The lowest BCUT2D eigenvalue weighted by molar-refractivity contribution is 0.101. The lowest BCUT2D eigenvalue weighted by Gasteiger charge is -2.47. The van der Waals surface area contributed by atoms with Gasteiger partial charge in [0.15, 0.2) is 5.65 Å². The first-order valence-electron chi connectivity index (χ1n) is 11.8. The molecule has 0 bridgehead atoms. The number of fused-ring (bicyclic) bond motifs is 1. The highest BCUT2D eigenvalue weighted by atomic mass is 35.5. The van der Waals surface area contributed by atoms with Crippen LogP contribution in [0, 0.1) is 11.8 Å². The molecule has 176 valence electrons. The minimum absolute atomic E-state index is 0.0136. The second-order valence-electron chi connectivity index (χ2n) is 9.35. The summed E-state index contributed by atoms with van der Waals surface area (Å²) in [4.78, 5) is 9.52. The highest BCUT2D eigenvalue weighted by Gasteiger charge is 2.37. The fourth-order valence-corrected chi connectivity index (χ4v) is 5.92. The van der Waals surface area contributed by atoms with Crippen LogP contribution in [0.2, 0.25) is 10.0 Å². The smallest absolute Gasteiger partial charge is 0.161 e. The highest BCUT2D eigenvalue weighted by molar-refractivity contribution is 6.35. The summed E-state index contributed by atoms with van der Waals surface area (Å²) >= 11 is 12.5. The number of aliphatic hydroxyl groups excluding tert-OH is 1. The van der Waals surface area contributed by atoms with Gasteiger partial charge in [-0.2, -0.15) is 0 Å². The lowest BCUT2D eigenvalue weighted by atomic mass is 9.80. The quantitative estimate of drug-likeness (QED) is 0.493. The van der Waals surface area contributed by atoms with Gasteiger partial charge in [-0.1, -0.05) is 29.3 Å². The molecule has 0 aliphatic carbocycles. The molecule has 33 heavy (non-hydrogen) atoms. The topological polar surface area (TPSA) is 56.0 Å². The molecule has 2 saturated heterocycles. The summed E-state index contributed by atoms with van der Waals surface area (Å²) < 4.78 is 2.17. The molecule has 3 aromatic rings. The Morgan fingerprint density at radius 3 is 2.82 bits per heavy atom. The maximum Gasteiger partial charge on any atom is 0.161 e. The maximum atomic E-state index is 9.29. The first kappa shape index (κ1) is 22.8. The number of nitrogens with zero attached hydrogens (tertiary/aromatic N) is 4. The standard InChI is InChI=1S/C25H31Cl2N5O/c1-17(21-6-5-20(26)12-22(21)27)29-23-13-24(32-9-3-7-28-25(23)32)31-15-19(16-31)18-4-2-8-30(14-18)10-11-33/h3,5-7,9,12-13,17-19,29,33H,2,4,8,10-11,14-16H2,1H3/t17-,18+/m1/s1. The number of aliphatic hydroxyl groups is 1. The molecule has 0 radical (unpaired) electrons. The minimum Gasteiger partial charge on any atom is -0.395 e. The van der Waals surface area contributed by atoms with Crippen molar-refractivity contribution < 1.29 is 5.11 Å². The monoisotopic (exact) mass is 487 g/mol. The van der Waals surface area contributed by atoms with Gasteiger partial charge in [-0.15, -0.1) is 0 Å². The number of anilines is 2. The van der Waals surface area contributed by atoms with Gasteiger partial charge in [0.2, 0.25) is 0 Å². The molecule has 2 N–H and O–H groups in total. The van der Waals surface area contributed by atoms with Crippen molar-refractivity contribution in [2.45, 2.75) is 25.8 Å². The zero-order valence-corrected chi connectivity index (χ0v) is 20.4. The van der Waals surface area contributed by atoms with E-state index in [2.05, 4.69) is 43.7 Å². The van der Waals surface area contributed by atoms with Crippen LogP contribution in [-0.2, 0) is 0 Å². The number of hydrogen-bond acceptors (Lipinski definition) is 5. The molecule has 6 nitrogen and oxygen atoms in total. The van der Waals surface area contributed by atoms with E-state index < -0.39 is 0 Å². The maximum absolute atomic E-state index is 9.29. The average molecular weight is 488 g/mol. The van der Waals surface area contributed by atoms with Crippen molar-refractivity contribution in [1.82, 2.24) is 14.3 Å². The Hall–Kier alpha value is -1.99. The lowest BCUT2D eigenvalue weighted by Crippen LogP contribution is -2.54. The molecule has 0 unspecified atom stereocenters. The number of β-amino-alcohol motifs (C(OH)–C–C–N with tert-alkyl or cyclic N) is 1. The molecule has 2 aromatic heterocycles. The van der Waals surface area contributed by atoms with Gasteiger partial charge in [0, 0.05) is 54.7 Å². The van der Waals surface area contributed by atoms with Gasteiger partial charge in [-0.25, -0.2) is 4.98 Å². The van der Waals surface area contributed by atoms with Gasteiger partial charge in [-0.3, -0.25) is 4.40 Å². The average Bonchev–Trinajstić information content (AvgIpc) is 3.11. The Kier molecular flexibility index (Phi) is 6.70. The van der Waals surface area contributed by atoms with Gasteiger partial charge >= 0.3 is 0 Å². The number of nitrogens with one attached hydrogen (secondary N) is 1. The number of halogens is 2. The first-order chi connectivity index (χ1) is 16.0. The third-order valence-electron chi connectivity index (χ3n) is 7.17. The van der Waals surface area contributed by atoms with E-state index in [9.17, 15) is 5.11 Å². The molecule has 2 atom stereocenters. The Balaban J connectivity index is 1.31. The first-order valence-corrected chi connectivity index (χ1v) is 12.5. The molecule has 8 heteroatoms. The van der Waals surface area contributed by atoms with Gasteiger partial charge in [0.25, 0.3) is 0 Å². The number of hydrogen-bond donors (Lipinski definition) is 2. The van der Waals surface area contributed by atoms with Crippen LogP contribution >= 0.6 is 23.2 Å². The Bertz CT molecular complexity index is 1110. The number of benzene rings is 1. The van der Waals surface area contributed by atoms with Crippen LogP contribution < -0.4 is 10.2 Å². The summed E-state index contributed by atoms with van der Waals surface area (Å²) in [6.07, 6.45) is 6.45. The fraction of sp³-hybridized carbons (Fsp3) is 0.480. The SMILES string of the molecule is C[C@@H](Nc1cc(N2CC([C@H]3CCCN(CCO)C3)C2)n2cccnc12)c1ccc(Cl)cc1Cl. The highest BCUT2D eigenvalue weighted by Crippen LogP contribution is 2.38. The van der Waals surface area contributed by atoms with Crippen molar-refractivity contribution in [3.63, 3.8) is 0 Å². The van der Waals surface area contributed by atoms with Crippen LogP contribution in [0.25, 0.3) is 5.65 Å². The summed E-state index contributed by atoms with van der Waals surface area (Å²) in [7, 11) is 0. The van der Waals surface area contributed by atoms with Crippen molar-refractivity contribution in [3.05, 3.63) is 58.3 Å². The zero-order valence-electron chi connectivity index (χ0n) is 18.9. The van der Waals surface area contributed by atoms with Crippen molar-refractivity contribution >= 4 is 40.4 Å². The third kappa shape index (κ3) is 4.67. The molecule has 4 heterocycles. The second-order valence-corrected chi connectivity index (χ2v) is 10.2. The van der Waals surface area contributed by atoms with E-state index in [4.69, 9.17) is 23.2 Å². The van der Waals surface area contributed by atoms with E-state index >= 15 is 0 Å². The fourth-order valence-electron chi connectivity index (χ4n) is 5.35. The van der Waals surface area contributed by atoms with Crippen LogP contribution in [-0.4, -0.2) is 58.7 Å². The zero-order chi connectivity index (χ0) is 22.9. The van der Waals surface area contributed by atoms with Gasteiger partial charge in [0.1, 0.15) is 5.82 Å². The van der Waals surface area contributed by atoms with Crippen LogP contribution in [0.1, 0.15) is 31.4 Å². The molecule has 0 spiro atoms. The molecular formula is C25H31Cl2N5O. The molecule has 2 fully saturated rings. The summed E-state index contributed by atoms with van der Waals surface area (Å²) in [5.41, 5.74) is 2.92. The molecular weight excluding hydrogens is 457 g/mol. The number of rotatable bonds is 7. The van der Waals surface area contributed by atoms with E-state index in [0.717, 1.165) is 55.5 Å². The molecule has 2 aliphatic rings. The molecule has 1 aromatic carbocycles. The number of piperidine rings is 1. The minimum atomic E-state index is 0.0136. The summed E-state index contributed by atoms with van der Waals surface area (Å²) in [6.45, 7) is 7.51. The van der Waals surface area contributed by atoms with Gasteiger partial charge in [0.05, 0.1) is 18.3 Å². The Morgan fingerprint density at radius 1 is 1.18 bits per heavy atom. The van der Waals surface area contributed by atoms with Crippen molar-refractivity contribution in [2.75, 3.05) is 49.5 Å². The normalized spacial score (nSPS) is 20.7. The number of aromatic nitrogens is 2. The van der Waals surface area contributed by atoms with Crippen LogP contribution in [0.5, 0.6) is 0 Å². The van der Waals surface area contributed by atoms with E-state index in [-0.39, 0.29) is 12.6 Å². The predicted octanol–water partition coefficient (Wildman–Crippen LogP) is 4.95. The molecule has 2 aliphatic heterocycles. The van der Waals surface area contributed by atoms with Crippen LogP contribution in [0.15, 0.2) is 42.7 Å². The summed E-state index contributed by atoms with van der Waals surface area (Å²) in [6, 6.07) is 9.82. The third-order valence-corrected chi connectivity index (χ3v) is 7.73. The van der Waals surface area contributed by atoms with Gasteiger partial charge < -0.3 is 20.2 Å². The van der Waals surface area contributed by atoms with E-state index in [1.165, 1.54) is 18.7 Å². The molecule has 0 amide bonds. The molecule has 5 rings (SSSR count). The number of likely N-dealkylation sites (tertiary alicyclic amines) is 1. The largest absolute Gasteiger partial charge is 0.395 e. The van der Waals surface area contributed by atoms with E-state index in [1.54, 1.807) is 6.07 Å². The van der Waals surface area contributed by atoms with Crippen LogP contribution in [0.3, 0.4) is 0 Å². The van der Waals surface area contributed by atoms with Crippen molar-refractivity contribution in [3.8, 4) is 0 Å².